The van der Waals surface area contributed by atoms with Crippen LogP contribution in [0.5, 0.6) is 11.5 Å². The molecule has 4 aromatic heterocycles. The Morgan fingerprint density at radius 3 is 1.68 bits per heavy atom. The van der Waals surface area contributed by atoms with Gasteiger partial charge in [-0.1, -0.05) is 13.8 Å². The number of hydrogen-bond acceptors (Lipinski definition) is 24. The molecule has 2 saturated heterocycles. The van der Waals surface area contributed by atoms with Gasteiger partial charge in [-0.15, -0.1) is 0 Å². The molecule has 37 heteroatoms. The molecule has 0 radical (unpaired) electrons. The molecule has 4 aliphatic rings. The molecule has 103 heavy (non-hydrogen) atoms. The molecule has 0 saturated carbocycles. The predicted octanol–water partition coefficient (Wildman–Crippen LogP) is 3.34. The van der Waals surface area contributed by atoms with Crippen LogP contribution in [0, 0.1) is 18.6 Å². The quantitative estimate of drug-likeness (QED) is 0.0201. The lowest BCUT2D eigenvalue weighted by atomic mass is 9.98. The smallest absolute Gasteiger partial charge is 0.472 e. The van der Waals surface area contributed by atoms with E-state index in [4.69, 9.17) is 75.9 Å². The molecule has 6 bridgehead atoms. The third-order valence-electron chi connectivity index (χ3n) is 17.3. The summed E-state index contributed by atoms with van der Waals surface area (Å²) in [7, 11) is -6.36. The lowest BCUT2D eigenvalue weighted by molar-refractivity contribution is -0.0466. The topological polar surface area (TPSA) is 425 Å². The highest BCUT2D eigenvalue weighted by Gasteiger charge is 2.43. The molecule has 9 rings (SSSR count). The first kappa shape index (κ1) is 80.0. The highest BCUT2D eigenvalue weighted by molar-refractivity contribution is 7.50. The van der Waals surface area contributed by atoms with Gasteiger partial charge in [-0.2, -0.15) is 8.78 Å². The van der Waals surface area contributed by atoms with Crippen LogP contribution in [-0.2, 0) is 79.9 Å². The molecule has 0 aliphatic carbocycles. The van der Waals surface area contributed by atoms with Crippen molar-refractivity contribution >= 4 is 57.2 Å². The number of aliphatic hydroxyl groups is 2. The van der Waals surface area contributed by atoms with E-state index in [2.05, 4.69) is 15.1 Å². The number of nitrogens with one attached hydrogen (secondary N) is 5. The number of H-pyrrole nitrogens is 4. The maximum atomic E-state index is 14.3. The average Bonchev–Trinajstić information content (AvgIpc) is 1.66. The van der Waals surface area contributed by atoms with Crippen molar-refractivity contribution in [3.05, 3.63) is 133 Å². The number of benzene rings is 1. The second kappa shape index (κ2) is 38.3. The number of phosphoric ester groups is 1. The highest BCUT2D eigenvalue weighted by atomic mass is 31.2. The molecular weight excluding hydrogens is 1400 g/mol. The van der Waals surface area contributed by atoms with Crippen molar-refractivity contribution in [2.75, 3.05) is 120 Å². The number of aromatic nitrogens is 6. The van der Waals surface area contributed by atoms with Crippen LogP contribution >= 0.6 is 15.6 Å². The van der Waals surface area contributed by atoms with Gasteiger partial charge in [0.15, 0.2) is 11.5 Å². The highest BCUT2D eigenvalue weighted by Crippen LogP contribution is 2.49. The second-order valence-electron chi connectivity index (χ2n) is 24.1. The number of aromatic amines is 4. The summed E-state index contributed by atoms with van der Waals surface area (Å²) in [4.78, 5) is 97.1. The maximum Gasteiger partial charge on any atom is 0.472 e. The van der Waals surface area contributed by atoms with Crippen molar-refractivity contribution in [1.29, 1.82) is 0 Å². The fraction of sp³-hybridized carbons (Fsp3) is 0.561. The van der Waals surface area contributed by atoms with E-state index in [9.17, 15) is 57.1 Å². The monoisotopic (exact) mass is 1490 g/mol. The van der Waals surface area contributed by atoms with E-state index >= 15 is 0 Å². The van der Waals surface area contributed by atoms with Crippen molar-refractivity contribution < 1.29 is 98.9 Å². The normalized spacial score (nSPS) is 20.7. The largest absolute Gasteiger partial charge is 0.487 e. The van der Waals surface area contributed by atoms with Gasteiger partial charge in [0.05, 0.1) is 127 Å². The Kier molecular flexibility index (Phi) is 29.7. The molecule has 2 fully saturated rings. The van der Waals surface area contributed by atoms with Gasteiger partial charge in [-0.05, 0) is 97.9 Å². The SMILES string of the molecule is CCc1c(CC)c2[nH]c1=CC1=NC(C=Nc3cc(OCCOCCOCCOC)c(OCCOCCOCCOC)cc3N=Cc3[nH]c(c(CCCOP(=O)(O)OC4C[C@H](n5cc(F)c(=O)[nH]c5=O)O[C@@H]4CO)c3C)C=2)C(C)=C1CCCNP(=O)(O)OC1C[C@H](n2cc(F)c(=O)[nH]c2=O)O[C@@H]1CO. The number of aliphatic hydroxyl groups excluding tert-OH is 2. The lowest BCUT2D eigenvalue weighted by Crippen LogP contribution is -2.34. The molecule has 9 N–H and O–H groups in total. The Morgan fingerprint density at radius 2 is 1.15 bits per heavy atom. The summed E-state index contributed by atoms with van der Waals surface area (Å²) in [5, 5.41) is 24.4. The Morgan fingerprint density at radius 1 is 0.631 bits per heavy atom. The van der Waals surface area contributed by atoms with Crippen LogP contribution in [0.15, 0.2) is 69.8 Å². The molecule has 1 aromatic carbocycles. The summed E-state index contributed by atoms with van der Waals surface area (Å²) in [6.45, 7) is 9.78. The molecule has 5 aromatic rings. The van der Waals surface area contributed by atoms with Crippen LogP contribution in [0.3, 0.4) is 0 Å². The molecule has 0 spiro atoms. The number of rotatable bonds is 40. The van der Waals surface area contributed by atoms with Gasteiger partial charge >= 0.3 is 26.9 Å². The number of ether oxygens (including phenoxy) is 10. The number of aliphatic imine (C=N–C) groups is 3. The van der Waals surface area contributed by atoms with Crippen molar-refractivity contribution in [3.63, 3.8) is 0 Å². The summed E-state index contributed by atoms with van der Waals surface area (Å²) < 4.78 is 131. The number of allylic oxidation sites excluding steroid dienone is 1. The van der Waals surface area contributed by atoms with Crippen LogP contribution in [0.2, 0.25) is 0 Å². The molecule has 566 valence electrons. The minimum Gasteiger partial charge on any atom is -0.487 e. The van der Waals surface area contributed by atoms with Gasteiger partial charge in [0.2, 0.25) is 11.6 Å². The molecule has 33 nitrogen and oxygen atoms in total. The van der Waals surface area contributed by atoms with E-state index in [1.165, 1.54) is 0 Å². The summed E-state index contributed by atoms with van der Waals surface area (Å²) in [5.41, 5.74) is 3.36. The number of hydrogen-bond donors (Lipinski definition) is 9. The molecule has 0 amide bonds. The van der Waals surface area contributed by atoms with Gasteiger partial charge in [-0.25, -0.2) is 23.8 Å². The maximum absolute atomic E-state index is 14.3. The van der Waals surface area contributed by atoms with E-state index in [-0.39, 0.29) is 71.7 Å². The molecular formula is C66H90F2N10O23P2. The van der Waals surface area contributed by atoms with E-state index in [1.807, 2.05) is 49.8 Å². The first-order valence-corrected chi connectivity index (χ1v) is 36.8. The first-order valence-electron chi connectivity index (χ1n) is 33.8. The molecule has 4 aliphatic heterocycles. The van der Waals surface area contributed by atoms with Gasteiger partial charge in [0.1, 0.15) is 56.1 Å². The fourth-order valence-corrected chi connectivity index (χ4v) is 14.2. The van der Waals surface area contributed by atoms with Crippen molar-refractivity contribution in [1.82, 2.24) is 34.2 Å². The Labute approximate surface area is 589 Å². The zero-order chi connectivity index (χ0) is 73.8. The lowest BCUT2D eigenvalue weighted by Gasteiger charge is -2.20. The zero-order valence-corrected chi connectivity index (χ0v) is 59.9. The van der Waals surface area contributed by atoms with Crippen molar-refractivity contribution in [3.8, 4) is 11.5 Å². The third-order valence-corrected chi connectivity index (χ3v) is 19.5. The zero-order valence-electron chi connectivity index (χ0n) is 58.1. The van der Waals surface area contributed by atoms with Crippen LogP contribution in [0.1, 0.15) is 99.0 Å². The van der Waals surface area contributed by atoms with Gasteiger partial charge < -0.3 is 77.3 Å². The molecule has 5 unspecified atom stereocenters. The number of methoxy groups -OCH3 is 2. The standard InChI is InChI=1S/C66H90F2N10O23P2/c1-7-41-42(8-2)48-28-50-44(12-10-14-97-103(87,88)101-58-32-62(99-60(58)38-80)78-36-46(68)64(82)76-66(78)84)40(4)54(74-50)34-70-52-30-56(96-26-24-94-22-20-92-18-16-90-6)55(95-25-23-93-21-19-91-17-15-89-5)29-51(52)69-33-53-39(3)43(49(73-53)27-47(41)72-48)11-9-13-71-102(85,86)100-57-31-61(98-59(57)37-79)77-35-45(67)63(81)75-65(77)83/h27-30,33-36,53,57-62,72,74,79-80H,7-26,31-32,37-38H2,1-6H3,(H,87,88)(H2,71,85,86)(H,75,81,83)(H,76,82,84)/t53?,57?,58?,59-,60-,61-,62-/m1/s1. The summed E-state index contributed by atoms with van der Waals surface area (Å²) in [5.74, 6) is -1.91. The Hall–Kier alpha value is -7.09. The minimum atomic E-state index is -4.89. The van der Waals surface area contributed by atoms with E-state index in [0.29, 0.717) is 124 Å². The summed E-state index contributed by atoms with van der Waals surface area (Å²) >= 11 is 0. The van der Waals surface area contributed by atoms with Gasteiger partial charge in [-0.3, -0.25) is 57.2 Å². The Bertz CT molecular complexity index is 4320. The van der Waals surface area contributed by atoms with Gasteiger partial charge in [0, 0.05) is 68.3 Å². The van der Waals surface area contributed by atoms with Crippen LogP contribution < -0.4 is 47.8 Å². The summed E-state index contributed by atoms with van der Waals surface area (Å²) in [6, 6.07) is 2.77. The minimum absolute atomic E-state index is 0.0551. The first-order chi connectivity index (χ1) is 49.6. The molecule has 9 atom stereocenters. The average molecular weight is 1490 g/mol. The predicted molar refractivity (Wildman–Crippen MR) is 371 cm³/mol. The second-order valence-corrected chi connectivity index (χ2v) is 27.1. The van der Waals surface area contributed by atoms with Crippen LogP contribution in [-0.4, -0.2) is 218 Å². The Balaban J connectivity index is 1.02. The fourth-order valence-electron chi connectivity index (χ4n) is 12.1. The van der Waals surface area contributed by atoms with Gasteiger partial charge in [0.25, 0.3) is 11.1 Å². The van der Waals surface area contributed by atoms with Crippen molar-refractivity contribution in [2.24, 2.45) is 15.0 Å². The number of halogens is 2. The van der Waals surface area contributed by atoms with Crippen molar-refractivity contribution in [2.45, 2.75) is 122 Å². The number of fused-ring (bicyclic) bond motifs is 6. The van der Waals surface area contributed by atoms with E-state index in [0.717, 1.165) is 53.2 Å². The van der Waals surface area contributed by atoms with Crippen LogP contribution in [0.25, 0.3) is 12.2 Å². The number of phosphoric acid groups is 1. The summed E-state index contributed by atoms with van der Waals surface area (Å²) in [6.07, 6.45) is 2.91. The third kappa shape index (κ3) is 21.6. The van der Waals surface area contributed by atoms with E-state index < -0.39 is 106 Å². The molecule has 8 heterocycles. The number of nitrogens with zero attached hydrogens (tertiary/aromatic N) is 5. The van der Waals surface area contributed by atoms with E-state index in [1.54, 1.807) is 38.8 Å². The van der Waals surface area contributed by atoms with Crippen LogP contribution in [0.4, 0.5) is 20.2 Å².